The Kier molecular flexibility index (Phi) is 5.18. The highest BCUT2D eigenvalue weighted by molar-refractivity contribution is 6.30. The van der Waals surface area contributed by atoms with E-state index >= 15 is 0 Å². The molecular weight excluding hydrogens is 416 g/mol. The van der Waals surface area contributed by atoms with Crippen LogP contribution in [0.25, 0.3) is 17.1 Å². The summed E-state index contributed by atoms with van der Waals surface area (Å²) in [4.78, 5) is 26.8. The fraction of sp³-hybridized carbons (Fsp3) is 0.0556. The second-order valence-electron chi connectivity index (χ2n) is 5.88. The van der Waals surface area contributed by atoms with E-state index in [0.29, 0.717) is 10.6 Å². The van der Waals surface area contributed by atoms with Crippen molar-refractivity contribution in [1.29, 1.82) is 0 Å². The number of carbonyl (C=O) groups excluding carboxylic acids is 1. The van der Waals surface area contributed by atoms with Crippen molar-refractivity contribution in [1.82, 2.24) is 25.0 Å². The lowest BCUT2D eigenvalue weighted by Crippen LogP contribution is -2.08. The van der Waals surface area contributed by atoms with Gasteiger partial charge in [-0.15, -0.1) is 10.2 Å². The van der Waals surface area contributed by atoms with E-state index < -0.39 is 10.9 Å². The largest absolute Gasteiger partial charge is 0.452 e. The molecular formula is C18H11ClN6O5. The van der Waals surface area contributed by atoms with Gasteiger partial charge >= 0.3 is 5.97 Å². The van der Waals surface area contributed by atoms with E-state index in [1.807, 2.05) is 0 Å². The molecule has 0 unspecified atom stereocenters. The summed E-state index contributed by atoms with van der Waals surface area (Å²) in [5.41, 5.74) is 0.489. The zero-order valence-electron chi connectivity index (χ0n) is 15.0. The maximum atomic E-state index is 12.3. The van der Waals surface area contributed by atoms with Crippen LogP contribution >= 0.6 is 11.6 Å². The van der Waals surface area contributed by atoms with Crippen molar-refractivity contribution < 1.29 is 18.9 Å². The van der Waals surface area contributed by atoms with Gasteiger partial charge in [0.1, 0.15) is 18.3 Å². The number of aromatic nitrogens is 5. The Bertz CT molecular complexity index is 1210. The number of carbonyl (C=O) groups is 1. The highest BCUT2D eigenvalue weighted by atomic mass is 35.5. The third-order valence-electron chi connectivity index (χ3n) is 3.96. The molecule has 2 aromatic heterocycles. The Balaban J connectivity index is 1.47. The predicted molar refractivity (Wildman–Crippen MR) is 102 cm³/mol. The molecule has 4 aromatic rings. The monoisotopic (exact) mass is 426 g/mol. The molecule has 12 heteroatoms. The van der Waals surface area contributed by atoms with E-state index in [-0.39, 0.29) is 35.3 Å². The zero-order chi connectivity index (χ0) is 21.1. The quantitative estimate of drug-likeness (QED) is 0.258. The van der Waals surface area contributed by atoms with Crippen LogP contribution in [0.2, 0.25) is 5.02 Å². The Morgan fingerprint density at radius 3 is 2.70 bits per heavy atom. The van der Waals surface area contributed by atoms with Gasteiger partial charge in [0.2, 0.25) is 5.89 Å². The van der Waals surface area contributed by atoms with Crippen LogP contribution in [0.4, 0.5) is 5.69 Å². The number of hydrogen-bond acceptors (Lipinski definition) is 9. The Hall–Kier alpha value is -4.12. The van der Waals surface area contributed by atoms with Crippen LogP contribution in [0.1, 0.15) is 16.2 Å². The molecule has 0 saturated carbocycles. The number of nitro benzene ring substituents is 1. The molecule has 0 radical (unpaired) electrons. The van der Waals surface area contributed by atoms with Crippen molar-refractivity contribution in [2.75, 3.05) is 0 Å². The lowest BCUT2D eigenvalue weighted by molar-refractivity contribution is -0.384. The number of nitro groups is 1. The van der Waals surface area contributed by atoms with Crippen LogP contribution in [0.15, 0.2) is 59.5 Å². The average Bonchev–Trinajstić information content (AvgIpc) is 3.44. The first kappa shape index (κ1) is 19.2. The molecule has 0 amide bonds. The van der Waals surface area contributed by atoms with Gasteiger partial charge in [-0.25, -0.2) is 14.5 Å². The van der Waals surface area contributed by atoms with Gasteiger partial charge in [0, 0.05) is 16.7 Å². The SMILES string of the molecule is O=C(OCc1nnc(-c2ccc(Cl)cc2)o1)c1ccc(-n2cncn2)c([N+](=O)[O-])c1. The normalized spacial score (nSPS) is 10.7. The second kappa shape index (κ2) is 8.09. The summed E-state index contributed by atoms with van der Waals surface area (Å²) in [5.74, 6) is -0.470. The molecule has 0 aliphatic rings. The second-order valence-corrected chi connectivity index (χ2v) is 6.32. The molecule has 0 N–H and O–H groups in total. The van der Waals surface area contributed by atoms with Crippen molar-refractivity contribution in [2.24, 2.45) is 0 Å². The molecule has 30 heavy (non-hydrogen) atoms. The maximum absolute atomic E-state index is 12.3. The highest BCUT2D eigenvalue weighted by Crippen LogP contribution is 2.24. The summed E-state index contributed by atoms with van der Waals surface area (Å²) < 4.78 is 11.8. The lowest BCUT2D eigenvalue weighted by atomic mass is 10.1. The number of benzene rings is 2. The van der Waals surface area contributed by atoms with Gasteiger partial charge in [-0.1, -0.05) is 11.6 Å². The van der Waals surface area contributed by atoms with E-state index in [1.54, 1.807) is 24.3 Å². The lowest BCUT2D eigenvalue weighted by Gasteiger charge is -2.05. The van der Waals surface area contributed by atoms with Gasteiger partial charge in [-0.05, 0) is 36.4 Å². The number of hydrogen-bond donors (Lipinski definition) is 0. The minimum Gasteiger partial charge on any atom is -0.452 e. The molecule has 2 heterocycles. The molecule has 4 rings (SSSR count). The maximum Gasteiger partial charge on any atom is 0.338 e. The Labute approximate surface area is 173 Å². The summed E-state index contributed by atoms with van der Waals surface area (Å²) in [6.45, 7) is -0.294. The highest BCUT2D eigenvalue weighted by Gasteiger charge is 2.20. The van der Waals surface area contributed by atoms with Crippen LogP contribution in [-0.2, 0) is 11.3 Å². The van der Waals surface area contributed by atoms with Gasteiger partial charge in [-0.2, -0.15) is 5.10 Å². The Morgan fingerprint density at radius 2 is 2.00 bits per heavy atom. The van der Waals surface area contributed by atoms with E-state index in [9.17, 15) is 14.9 Å². The van der Waals surface area contributed by atoms with Gasteiger partial charge in [0.15, 0.2) is 6.61 Å². The predicted octanol–water partition coefficient (Wildman–Crippen LogP) is 3.24. The first-order chi connectivity index (χ1) is 14.5. The topological polar surface area (TPSA) is 139 Å². The third kappa shape index (κ3) is 4.00. The van der Waals surface area contributed by atoms with Crippen LogP contribution < -0.4 is 0 Å². The molecule has 0 bridgehead atoms. The summed E-state index contributed by atoms with van der Waals surface area (Å²) >= 11 is 5.84. The standard InChI is InChI=1S/C18H11ClN6O5/c19-13-4-1-11(2-5-13)17-23-22-16(30-17)8-29-18(26)12-3-6-14(15(7-12)25(27)28)24-10-20-9-21-24/h1-7,9-10H,8H2. The molecule has 0 aliphatic carbocycles. The van der Waals surface area contributed by atoms with E-state index in [2.05, 4.69) is 20.3 Å². The molecule has 0 aliphatic heterocycles. The van der Waals surface area contributed by atoms with Gasteiger partial charge < -0.3 is 9.15 Å². The summed E-state index contributed by atoms with van der Waals surface area (Å²) in [5, 5.41) is 23.5. The zero-order valence-corrected chi connectivity index (χ0v) is 15.8. The summed E-state index contributed by atoms with van der Waals surface area (Å²) in [6.07, 6.45) is 2.56. The van der Waals surface area contributed by atoms with Gasteiger partial charge in [0.05, 0.1) is 10.5 Å². The first-order valence-electron chi connectivity index (χ1n) is 8.40. The molecule has 0 fully saturated rings. The van der Waals surface area contributed by atoms with Crippen LogP contribution in [0.5, 0.6) is 0 Å². The minimum atomic E-state index is -0.783. The molecule has 150 valence electrons. The molecule has 0 atom stereocenters. The van der Waals surface area contributed by atoms with Crippen molar-refractivity contribution in [3.63, 3.8) is 0 Å². The van der Waals surface area contributed by atoms with Crippen LogP contribution in [0, 0.1) is 10.1 Å². The summed E-state index contributed by atoms with van der Waals surface area (Å²) in [6, 6.07) is 10.6. The van der Waals surface area contributed by atoms with Crippen molar-refractivity contribution in [2.45, 2.75) is 6.61 Å². The number of rotatable bonds is 6. The smallest absolute Gasteiger partial charge is 0.338 e. The number of nitrogens with zero attached hydrogens (tertiary/aromatic N) is 6. The van der Waals surface area contributed by atoms with E-state index in [0.717, 1.165) is 6.07 Å². The minimum absolute atomic E-state index is 0.0111. The van der Waals surface area contributed by atoms with Crippen molar-refractivity contribution in [3.05, 3.63) is 81.7 Å². The number of esters is 1. The molecule has 0 spiro atoms. The van der Waals surface area contributed by atoms with E-state index in [1.165, 1.54) is 29.5 Å². The fourth-order valence-electron chi connectivity index (χ4n) is 2.55. The molecule has 0 saturated heterocycles. The van der Waals surface area contributed by atoms with E-state index in [4.69, 9.17) is 20.8 Å². The first-order valence-corrected chi connectivity index (χ1v) is 8.78. The number of halogens is 1. The van der Waals surface area contributed by atoms with Gasteiger partial charge in [-0.3, -0.25) is 10.1 Å². The third-order valence-corrected chi connectivity index (χ3v) is 4.21. The van der Waals surface area contributed by atoms with Gasteiger partial charge in [0.25, 0.3) is 11.6 Å². The fourth-order valence-corrected chi connectivity index (χ4v) is 2.68. The Morgan fingerprint density at radius 1 is 1.20 bits per heavy atom. The number of ether oxygens (including phenoxy) is 1. The van der Waals surface area contributed by atoms with Crippen LogP contribution in [-0.4, -0.2) is 35.9 Å². The molecule has 11 nitrogen and oxygen atoms in total. The van der Waals surface area contributed by atoms with Crippen molar-refractivity contribution in [3.8, 4) is 17.1 Å². The summed E-state index contributed by atoms with van der Waals surface area (Å²) in [7, 11) is 0. The average molecular weight is 427 g/mol. The van der Waals surface area contributed by atoms with Crippen molar-refractivity contribution >= 4 is 23.3 Å². The molecule has 2 aromatic carbocycles. The van der Waals surface area contributed by atoms with Crippen LogP contribution in [0.3, 0.4) is 0 Å².